The second-order valence-corrected chi connectivity index (χ2v) is 4.70. The SMILES string of the molecule is CCc1c(N)ncnc1Cc1ccnc2ccccc12. The Hall–Kier alpha value is -2.49. The van der Waals surface area contributed by atoms with E-state index in [1.807, 2.05) is 30.5 Å². The molecule has 0 radical (unpaired) electrons. The van der Waals surface area contributed by atoms with Gasteiger partial charge in [0, 0.05) is 23.6 Å². The van der Waals surface area contributed by atoms with Crippen molar-refractivity contribution >= 4 is 16.7 Å². The molecule has 4 nitrogen and oxygen atoms in total. The molecule has 3 rings (SSSR count). The van der Waals surface area contributed by atoms with Crippen molar-refractivity contribution in [3.05, 3.63) is 59.7 Å². The third-order valence-electron chi connectivity index (χ3n) is 3.52. The van der Waals surface area contributed by atoms with E-state index in [2.05, 4.69) is 27.9 Å². The standard InChI is InChI=1S/C16H16N4/c1-2-12-15(19-10-20-16(12)17)9-11-7-8-18-14-6-4-3-5-13(11)14/h3-8,10H,2,9H2,1H3,(H2,17,19,20). The highest BCUT2D eigenvalue weighted by atomic mass is 14.9. The molecule has 0 unspecified atom stereocenters. The van der Waals surface area contributed by atoms with Crippen molar-refractivity contribution < 1.29 is 0 Å². The van der Waals surface area contributed by atoms with Gasteiger partial charge in [0.25, 0.3) is 0 Å². The molecule has 0 bridgehead atoms. The number of nitrogen functional groups attached to an aromatic ring is 1. The first-order chi connectivity index (χ1) is 9.79. The second-order valence-electron chi connectivity index (χ2n) is 4.70. The fraction of sp³-hybridized carbons (Fsp3) is 0.188. The minimum Gasteiger partial charge on any atom is -0.383 e. The van der Waals surface area contributed by atoms with Crippen LogP contribution in [-0.4, -0.2) is 15.0 Å². The molecule has 0 aliphatic rings. The third-order valence-corrected chi connectivity index (χ3v) is 3.52. The van der Waals surface area contributed by atoms with Crippen LogP contribution in [0, 0.1) is 0 Å². The van der Waals surface area contributed by atoms with Gasteiger partial charge in [-0.25, -0.2) is 9.97 Å². The van der Waals surface area contributed by atoms with Gasteiger partial charge in [-0.2, -0.15) is 0 Å². The number of nitrogens with two attached hydrogens (primary N) is 1. The summed E-state index contributed by atoms with van der Waals surface area (Å²) in [6, 6.07) is 10.2. The van der Waals surface area contributed by atoms with Gasteiger partial charge in [-0.3, -0.25) is 4.98 Å². The average Bonchev–Trinajstić information content (AvgIpc) is 2.48. The van der Waals surface area contributed by atoms with E-state index in [-0.39, 0.29) is 0 Å². The molecular formula is C16H16N4. The number of para-hydroxylation sites is 1. The van der Waals surface area contributed by atoms with Crippen molar-refractivity contribution in [1.82, 2.24) is 15.0 Å². The lowest BCUT2D eigenvalue weighted by Crippen LogP contribution is -2.05. The van der Waals surface area contributed by atoms with Gasteiger partial charge in [-0.1, -0.05) is 25.1 Å². The van der Waals surface area contributed by atoms with Gasteiger partial charge in [-0.05, 0) is 24.1 Å². The van der Waals surface area contributed by atoms with Crippen LogP contribution in [0.1, 0.15) is 23.7 Å². The van der Waals surface area contributed by atoms with Crippen LogP contribution in [0.2, 0.25) is 0 Å². The smallest absolute Gasteiger partial charge is 0.130 e. The van der Waals surface area contributed by atoms with Gasteiger partial charge < -0.3 is 5.73 Å². The molecule has 0 saturated carbocycles. The van der Waals surface area contributed by atoms with Crippen molar-refractivity contribution in [2.75, 3.05) is 5.73 Å². The molecule has 20 heavy (non-hydrogen) atoms. The minimum atomic E-state index is 0.580. The Bertz CT molecular complexity index is 747. The molecule has 3 aromatic rings. The number of nitrogens with zero attached hydrogens (tertiary/aromatic N) is 3. The quantitative estimate of drug-likeness (QED) is 0.790. The van der Waals surface area contributed by atoms with Gasteiger partial charge in [0.05, 0.1) is 11.2 Å². The summed E-state index contributed by atoms with van der Waals surface area (Å²) in [5.74, 6) is 0.580. The Labute approximate surface area is 117 Å². The predicted octanol–water partition coefficient (Wildman–Crippen LogP) is 2.76. The third kappa shape index (κ3) is 2.20. The van der Waals surface area contributed by atoms with E-state index in [4.69, 9.17) is 5.73 Å². The van der Waals surface area contributed by atoms with E-state index in [1.165, 1.54) is 11.9 Å². The monoisotopic (exact) mass is 264 g/mol. The minimum absolute atomic E-state index is 0.580. The van der Waals surface area contributed by atoms with E-state index < -0.39 is 0 Å². The molecule has 2 heterocycles. The van der Waals surface area contributed by atoms with Crippen molar-refractivity contribution in [1.29, 1.82) is 0 Å². The molecule has 2 aromatic heterocycles. The molecule has 1 aromatic carbocycles. The zero-order valence-electron chi connectivity index (χ0n) is 11.4. The Kier molecular flexibility index (Phi) is 3.29. The fourth-order valence-corrected chi connectivity index (χ4v) is 2.49. The van der Waals surface area contributed by atoms with Gasteiger partial charge in [-0.15, -0.1) is 0 Å². The van der Waals surface area contributed by atoms with Crippen molar-refractivity contribution in [3.63, 3.8) is 0 Å². The number of fused-ring (bicyclic) bond motifs is 1. The molecule has 0 spiro atoms. The van der Waals surface area contributed by atoms with E-state index in [1.54, 1.807) is 0 Å². The molecule has 0 aliphatic heterocycles. The Balaban J connectivity index is 2.08. The number of anilines is 1. The highest BCUT2D eigenvalue weighted by Gasteiger charge is 2.10. The first kappa shape index (κ1) is 12.5. The van der Waals surface area contributed by atoms with Crippen LogP contribution in [0.5, 0.6) is 0 Å². The summed E-state index contributed by atoms with van der Waals surface area (Å²) in [4.78, 5) is 12.9. The first-order valence-corrected chi connectivity index (χ1v) is 6.70. The Morgan fingerprint density at radius 3 is 2.75 bits per heavy atom. The van der Waals surface area contributed by atoms with Gasteiger partial charge in [0.1, 0.15) is 12.1 Å². The van der Waals surface area contributed by atoms with E-state index in [0.717, 1.165) is 35.0 Å². The maximum atomic E-state index is 5.93. The molecule has 0 saturated heterocycles. The Morgan fingerprint density at radius 1 is 1.05 bits per heavy atom. The lowest BCUT2D eigenvalue weighted by molar-refractivity contribution is 0.959. The first-order valence-electron chi connectivity index (χ1n) is 6.70. The molecular weight excluding hydrogens is 248 g/mol. The van der Waals surface area contributed by atoms with Crippen molar-refractivity contribution in [2.24, 2.45) is 0 Å². The number of hydrogen-bond donors (Lipinski definition) is 1. The number of aromatic nitrogens is 3. The zero-order chi connectivity index (χ0) is 13.9. The molecule has 0 fully saturated rings. The van der Waals surface area contributed by atoms with Gasteiger partial charge in [0.2, 0.25) is 0 Å². The maximum Gasteiger partial charge on any atom is 0.130 e. The predicted molar refractivity (Wildman–Crippen MR) is 80.4 cm³/mol. The summed E-state index contributed by atoms with van der Waals surface area (Å²) in [7, 11) is 0. The normalized spacial score (nSPS) is 10.8. The van der Waals surface area contributed by atoms with Crippen LogP contribution in [-0.2, 0) is 12.8 Å². The number of rotatable bonds is 3. The van der Waals surface area contributed by atoms with Gasteiger partial charge >= 0.3 is 0 Å². The number of pyridine rings is 1. The zero-order valence-corrected chi connectivity index (χ0v) is 11.4. The summed E-state index contributed by atoms with van der Waals surface area (Å²) in [5.41, 5.74) is 10.2. The number of benzene rings is 1. The molecule has 4 heteroatoms. The van der Waals surface area contributed by atoms with E-state index >= 15 is 0 Å². The van der Waals surface area contributed by atoms with Gasteiger partial charge in [0.15, 0.2) is 0 Å². The van der Waals surface area contributed by atoms with Crippen molar-refractivity contribution in [2.45, 2.75) is 19.8 Å². The molecule has 100 valence electrons. The van der Waals surface area contributed by atoms with Crippen LogP contribution in [0.3, 0.4) is 0 Å². The van der Waals surface area contributed by atoms with E-state index in [9.17, 15) is 0 Å². The van der Waals surface area contributed by atoms with Crippen LogP contribution < -0.4 is 5.73 Å². The summed E-state index contributed by atoms with van der Waals surface area (Å²) >= 11 is 0. The maximum absolute atomic E-state index is 5.93. The summed E-state index contributed by atoms with van der Waals surface area (Å²) < 4.78 is 0. The van der Waals surface area contributed by atoms with Crippen LogP contribution >= 0.6 is 0 Å². The fourth-order valence-electron chi connectivity index (χ4n) is 2.49. The lowest BCUT2D eigenvalue weighted by Gasteiger charge is -2.10. The molecule has 0 amide bonds. The van der Waals surface area contributed by atoms with Crippen LogP contribution in [0.15, 0.2) is 42.9 Å². The summed E-state index contributed by atoms with van der Waals surface area (Å²) in [6.45, 7) is 2.07. The summed E-state index contributed by atoms with van der Waals surface area (Å²) in [6.07, 6.45) is 4.96. The average molecular weight is 264 g/mol. The topological polar surface area (TPSA) is 64.7 Å². The highest BCUT2D eigenvalue weighted by molar-refractivity contribution is 5.82. The van der Waals surface area contributed by atoms with Crippen LogP contribution in [0.4, 0.5) is 5.82 Å². The molecule has 0 atom stereocenters. The summed E-state index contributed by atoms with van der Waals surface area (Å²) in [5, 5.41) is 1.16. The number of hydrogen-bond acceptors (Lipinski definition) is 4. The van der Waals surface area contributed by atoms with Crippen molar-refractivity contribution in [3.8, 4) is 0 Å². The molecule has 0 aliphatic carbocycles. The Morgan fingerprint density at radius 2 is 1.90 bits per heavy atom. The lowest BCUT2D eigenvalue weighted by atomic mass is 10.0. The van der Waals surface area contributed by atoms with Crippen LogP contribution in [0.25, 0.3) is 10.9 Å². The highest BCUT2D eigenvalue weighted by Crippen LogP contribution is 2.21. The molecule has 2 N–H and O–H groups in total. The van der Waals surface area contributed by atoms with E-state index in [0.29, 0.717) is 5.82 Å². The second kappa shape index (κ2) is 5.25. The largest absolute Gasteiger partial charge is 0.383 e.